The molecule has 0 spiro atoms. The lowest BCUT2D eigenvalue weighted by molar-refractivity contribution is 0.0870. The predicted molar refractivity (Wildman–Crippen MR) is 71.9 cm³/mol. The Morgan fingerprint density at radius 3 is 2.70 bits per heavy atom. The highest BCUT2D eigenvalue weighted by atomic mass is 32.2. The lowest BCUT2D eigenvalue weighted by Crippen LogP contribution is -2.32. The van der Waals surface area contributed by atoms with Gasteiger partial charge in [-0.3, -0.25) is 10.1 Å². The topological polar surface area (TPSA) is 92.8 Å². The number of hydrogen-bond donors (Lipinski definition) is 1. The maximum absolute atomic E-state index is 12.2. The van der Waals surface area contributed by atoms with E-state index in [4.69, 9.17) is 0 Å². The van der Waals surface area contributed by atoms with Gasteiger partial charge in [0, 0.05) is 17.8 Å². The molecule has 0 atom stereocenters. The molecule has 1 aromatic rings. The van der Waals surface area contributed by atoms with Crippen molar-refractivity contribution in [1.29, 1.82) is 0 Å². The van der Waals surface area contributed by atoms with Crippen LogP contribution in [0, 0.1) is 0 Å². The minimum atomic E-state index is -3.50. The van der Waals surface area contributed by atoms with Gasteiger partial charge in [-0.15, -0.1) is 0 Å². The second-order valence-electron chi connectivity index (χ2n) is 4.24. The van der Waals surface area contributed by atoms with E-state index in [1.165, 1.54) is 19.2 Å². The van der Waals surface area contributed by atoms with Crippen LogP contribution >= 0.6 is 0 Å². The van der Waals surface area contributed by atoms with Crippen molar-refractivity contribution in [2.45, 2.75) is 6.42 Å². The molecule has 0 radical (unpaired) electrons. The van der Waals surface area contributed by atoms with Crippen molar-refractivity contribution in [1.82, 2.24) is 4.31 Å². The van der Waals surface area contributed by atoms with Gasteiger partial charge in [-0.2, -0.15) is 0 Å². The van der Waals surface area contributed by atoms with Crippen LogP contribution in [-0.4, -0.2) is 44.1 Å². The summed E-state index contributed by atoms with van der Waals surface area (Å²) in [5, 5.41) is 2.42. The monoisotopic (exact) mass is 298 g/mol. The third kappa shape index (κ3) is 2.90. The second kappa shape index (κ2) is 5.49. The first-order chi connectivity index (χ1) is 9.44. The van der Waals surface area contributed by atoms with Crippen molar-refractivity contribution in [2.75, 3.05) is 24.7 Å². The number of rotatable bonds is 2. The maximum atomic E-state index is 12.2. The predicted octanol–water partition coefficient (Wildman–Crippen LogP) is 1.04. The van der Waals surface area contributed by atoms with E-state index in [2.05, 4.69) is 10.1 Å². The summed E-state index contributed by atoms with van der Waals surface area (Å²) in [5.41, 5.74) is 0.559. The van der Waals surface area contributed by atoms with Gasteiger partial charge in [0.2, 0.25) is 10.0 Å². The molecule has 7 nitrogen and oxygen atoms in total. The van der Waals surface area contributed by atoms with Crippen molar-refractivity contribution >= 4 is 27.7 Å². The average Bonchev–Trinajstić information content (AvgIpc) is 2.77. The smallest absolute Gasteiger partial charge is 0.411 e. The average molecular weight is 298 g/mol. The Hall–Kier alpha value is -2.09. The molecule has 0 aromatic heterocycles. The van der Waals surface area contributed by atoms with E-state index < -0.39 is 22.0 Å². The molecule has 0 bridgehead atoms. The summed E-state index contributed by atoms with van der Waals surface area (Å²) in [5.74, 6) is -0.602. The fourth-order valence-electron chi connectivity index (χ4n) is 1.91. The van der Waals surface area contributed by atoms with Crippen LogP contribution in [0.4, 0.5) is 10.5 Å². The first-order valence-electron chi connectivity index (χ1n) is 5.94. The third-order valence-electron chi connectivity index (χ3n) is 2.87. The molecule has 1 fully saturated rings. The maximum Gasteiger partial charge on any atom is 0.411 e. The standard InChI is InChI=1S/C12H14N2O5S/c1-19-12(16)13-10-5-2-4-9(8-10)11(15)14-6-3-7-20(14,17)18/h2,4-5,8H,3,6-7H2,1H3,(H,13,16). The molecule has 108 valence electrons. The summed E-state index contributed by atoms with van der Waals surface area (Å²) >= 11 is 0. The van der Waals surface area contributed by atoms with Crippen LogP contribution in [0.3, 0.4) is 0 Å². The molecule has 1 N–H and O–H groups in total. The van der Waals surface area contributed by atoms with Gasteiger partial charge >= 0.3 is 6.09 Å². The first-order valence-corrected chi connectivity index (χ1v) is 7.55. The van der Waals surface area contributed by atoms with Gasteiger partial charge in [0.25, 0.3) is 5.91 Å². The number of ether oxygens (including phenoxy) is 1. The van der Waals surface area contributed by atoms with Crippen LogP contribution in [0.5, 0.6) is 0 Å². The zero-order chi connectivity index (χ0) is 14.8. The molecule has 0 unspecified atom stereocenters. The second-order valence-corrected chi connectivity index (χ2v) is 6.26. The molecule has 1 aliphatic rings. The van der Waals surface area contributed by atoms with Gasteiger partial charge in [0.05, 0.1) is 12.9 Å². The van der Waals surface area contributed by atoms with Crippen molar-refractivity contribution in [2.24, 2.45) is 0 Å². The molecule has 8 heteroatoms. The third-order valence-corrected chi connectivity index (χ3v) is 4.69. The molecule has 2 rings (SSSR count). The van der Waals surface area contributed by atoms with Crippen LogP contribution in [0.1, 0.15) is 16.8 Å². The number of nitrogens with zero attached hydrogens (tertiary/aromatic N) is 1. The quantitative estimate of drug-likeness (QED) is 0.880. The molecular formula is C12H14N2O5S. The number of carbonyl (C=O) groups is 2. The van der Waals surface area contributed by atoms with Gasteiger partial charge in [-0.25, -0.2) is 17.5 Å². The number of anilines is 1. The van der Waals surface area contributed by atoms with E-state index in [1.807, 2.05) is 0 Å². The number of carbonyl (C=O) groups excluding carboxylic acids is 2. The molecule has 1 saturated heterocycles. The Bertz CT molecular complexity index is 641. The van der Waals surface area contributed by atoms with Crippen molar-refractivity contribution in [3.63, 3.8) is 0 Å². The molecule has 0 aliphatic carbocycles. The molecule has 1 heterocycles. The fraction of sp³-hybridized carbons (Fsp3) is 0.333. The fourth-order valence-corrected chi connectivity index (χ4v) is 3.39. The van der Waals surface area contributed by atoms with E-state index in [0.29, 0.717) is 12.1 Å². The molecule has 20 heavy (non-hydrogen) atoms. The Labute approximate surface area is 116 Å². The van der Waals surface area contributed by atoms with Gasteiger partial charge in [0.1, 0.15) is 0 Å². The SMILES string of the molecule is COC(=O)Nc1cccc(C(=O)N2CCCS2(=O)=O)c1. The molecular weight excluding hydrogens is 284 g/mol. The minimum Gasteiger partial charge on any atom is -0.453 e. The van der Waals surface area contributed by atoms with Crippen LogP contribution in [0.25, 0.3) is 0 Å². The first kappa shape index (κ1) is 14.3. The molecule has 2 amide bonds. The van der Waals surface area contributed by atoms with E-state index in [9.17, 15) is 18.0 Å². The van der Waals surface area contributed by atoms with Crippen LogP contribution in [-0.2, 0) is 14.8 Å². The van der Waals surface area contributed by atoms with Gasteiger partial charge in [-0.1, -0.05) is 6.07 Å². The van der Waals surface area contributed by atoms with Crippen molar-refractivity contribution < 1.29 is 22.7 Å². The lowest BCUT2D eigenvalue weighted by Gasteiger charge is -2.15. The summed E-state index contributed by atoms with van der Waals surface area (Å²) in [6.45, 7) is 0.190. The number of amides is 2. The van der Waals surface area contributed by atoms with Crippen LogP contribution in [0.2, 0.25) is 0 Å². The van der Waals surface area contributed by atoms with Crippen LogP contribution < -0.4 is 5.32 Å². The summed E-state index contributed by atoms with van der Waals surface area (Å²) in [7, 11) is -2.28. The Morgan fingerprint density at radius 2 is 2.10 bits per heavy atom. The normalized spacial score (nSPS) is 16.8. The Balaban J connectivity index is 2.23. The largest absolute Gasteiger partial charge is 0.453 e. The van der Waals surface area contributed by atoms with E-state index in [1.54, 1.807) is 12.1 Å². The highest BCUT2D eigenvalue weighted by molar-refractivity contribution is 7.89. The molecule has 1 aliphatic heterocycles. The van der Waals surface area contributed by atoms with Crippen molar-refractivity contribution in [3.8, 4) is 0 Å². The zero-order valence-electron chi connectivity index (χ0n) is 10.8. The molecule has 1 aromatic carbocycles. The van der Waals surface area contributed by atoms with E-state index >= 15 is 0 Å². The summed E-state index contributed by atoms with van der Waals surface area (Å²) in [4.78, 5) is 23.3. The lowest BCUT2D eigenvalue weighted by atomic mass is 10.2. The summed E-state index contributed by atoms with van der Waals surface area (Å²) in [6, 6.07) is 6.04. The molecule has 0 saturated carbocycles. The number of methoxy groups -OCH3 is 1. The summed E-state index contributed by atoms with van der Waals surface area (Å²) in [6.07, 6.45) is -0.225. The van der Waals surface area contributed by atoms with E-state index in [-0.39, 0.29) is 17.9 Å². The van der Waals surface area contributed by atoms with Gasteiger partial charge in [0.15, 0.2) is 0 Å². The zero-order valence-corrected chi connectivity index (χ0v) is 11.6. The summed E-state index contributed by atoms with van der Waals surface area (Å²) < 4.78 is 28.7. The van der Waals surface area contributed by atoms with Crippen LogP contribution in [0.15, 0.2) is 24.3 Å². The highest BCUT2D eigenvalue weighted by Crippen LogP contribution is 2.19. The number of benzene rings is 1. The minimum absolute atomic E-state index is 0.0150. The number of nitrogens with one attached hydrogen (secondary N) is 1. The van der Waals surface area contributed by atoms with Crippen molar-refractivity contribution in [3.05, 3.63) is 29.8 Å². The highest BCUT2D eigenvalue weighted by Gasteiger charge is 2.33. The number of sulfonamides is 1. The van der Waals surface area contributed by atoms with E-state index in [0.717, 1.165) is 4.31 Å². The van der Waals surface area contributed by atoms with Gasteiger partial charge < -0.3 is 4.74 Å². The Kier molecular flexibility index (Phi) is 3.93. The number of hydrogen-bond acceptors (Lipinski definition) is 5. The van der Waals surface area contributed by atoms with Gasteiger partial charge in [-0.05, 0) is 24.6 Å². The Morgan fingerprint density at radius 1 is 1.35 bits per heavy atom.